The summed E-state index contributed by atoms with van der Waals surface area (Å²) < 4.78 is 23.7. The van der Waals surface area contributed by atoms with Crippen LogP contribution >= 0.6 is 23.0 Å². The number of aliphatic hydroxyl groups excluding tert-OH is 2. The van der Waals surface area contributed by atoms with E-state index in [1.54, 1.807) is 53.0 Å². The molecule has 11 heteroatoms. The minimum atomic E-state index is -1.66. The Morgan fingerprint density at radius 1 is 1.02 bits per heavy atom. The van der Waals surface area contributed by atoms with E-state index in [1.807, 2.05) is 49.9 Å². The third-order valence-corrected chi connectivity index (χ3v) is 10.7. The van der Waals surface area contributed by atoms with Gasteiger partial charge in [0.2, 0.25) is 5.91 Å². The highest BCUT2D eigenvalue weighted by Crippen LogP contribution is 2.48. The lowest BCUT2D eigenvalue weighted by atomic mass is 9.78. The van der Waals surface area contributed by atoms with Crippen molar-refractivity contribution in [2.75, 3.05) is 7.11 Å². The normalized spacial score (nSPS) is 38.2. The summed E-state index contributed by atoms with van der Waals surface area (Å²) in [6.45, 7) is 12.5. The van der Waals surface area contributed by atoms with E-state index in [9.17, 15) is 24.9 Å². The molecule has 0 saturated carbocycles. The molecule has 0 saturated heterocycles. The van der Waals surface area contributed by atoms with Gasteiger partial charge in [0.05, 0.1) is 36.2 Å². The first-order valence-electron chi connectivity index (χ1n) is 15.9. The number of carbonyl (C=O) groups excluding carboxylic acids is 2. The summed E-state index contributed by atoms with van der Waals surface area (Å²) in [5.41, 5.74) is 2.69. The van der Waals surface area contributed by atoms with E-state index in [-0.39, 0.29) is 41.2 Å². The predicted octanol–water partition coefficient (Wildman–Crippen LogP) is 5.03. The van der Waals surface area contributed by atoms with Crippen LogP contribution in [-0.4, -0.2) is 70.4 Å². The fraction of sp³-hybridized carbons (Fsp3) is 0.600. The topological polar surface area (TPSA) is 144 Å². The number of nitrogens with one attached hydrogen (secondary N) is 1. The van der Waals surface area contributed by atoms with Gasteiger partial charge < -0.3 is 37.9 Å². The molecule has 1 aromatic rings. The number of Topliss-reactive ketones (excluding diaryl/α,β-unsaturated/α-hetero) is 1. The molecule has 0 spiro atoms. The summed E-state index contributed by atoms with van der Waals surface area (Å²) >= 11 is 1.83. The molecule has 46 heavy (non-hydrogen) atoms. The maximum Gasteiger partial charge on any atom is 0.312 e. The van der Waals surface area contributed by atoms with Crippen molar-refractivity contribution in [3.63, 3.8) is 0 Å². The van der Waals surface area contributed by atoms with Crippen LogP contribution < -0.4 is 10.1 Å². The molecule has 5 bridgehead atoms. The standard InChI is InChI=1S/C35H48INO9/c1-17-10-9-11-18(2)34(42)37-23-12-13-24-25(16-23)30(40)22(6)32-27(24)33(41)35(7,45-32)44-15-14-26(43-8)19(3)31(46-36)21(5)29(39)20(4)28(17)38/h9-11,14-15,17,19-21,23,26,28-29,31,38-40H,12-13,16H2,1-8H3,(H,37,42)/b10-9+,15-14+,18-11-. The second-order valence-corrected chi connectivity index (χ2v) is 13.8. The number of rotatable bonds is 2. The van der Waals surface area contributed by atoms with Crippen LogP contribution in [0.15, 0.2) is 36.1 Å². The van der Waals surface area contributed by atoms with Gasteiger partial charge in [0.15, 0.2) is 0 Å². The number of amides is 1. The Kier molecular flexibility index (Phi) is 11.7. The zero-order chi connectivity index (χ0) is 34.1. The molecule has 4 aliphatic rings. The molecule has 1 amide bonds. The molecule has 10 atom stereocenters. The van der Waals surface area contributed by atoms with Gasteiger partial charge in [0, 0.05) is 60.4 Å². The molecular weight excluding hydrogens is 705 g/mol. The predicted molar refractivity (Wildman–Crippen MR) is 182 cm³/mol. The Morgan fingerprint density at radius 2 is 1.72 bits per heavy atom. The Hall–Kier alpha value is -2.45. The maximum atomic E-state index is 13.9. The van der Waals surface area contributed by atoms with Gasteiger partial charge in [-0.2, -0.15) is 0 Å². The van der Waals surface area contributed by atoms with Crippen molar-refractivity contribution in [3.8, 4) is 11.5 Å². The molecule has 10 unspecified atom stereocenters. The quantitative estimate of drug-likeness (QED) is 0.306. The number of ketones is 1. The minimum Gasteiger partial charge on any atom is -0.507 e. The number of carbonyl (C=O) groups is 2. The highest BCUT2D eigenvalue weighted by Gasteiger charge is 2.50. The van der Waals surface area contributed by atoms with Crippen molar-refractivity contribution >= 4 is 34.7 Å². The fourth-order valence-corrected chi connectivity index (χ4v) is 7.84. The molecule has 3 aliphatic heterocycles. The summed E-state index contributed by atoms with van der Waals surface area (Å²) in [5.74, 6) is -3.32. The molecule has 0 fully saturated rings. The van der Waals surface area contributed by atoms with E-state index in [0.29, 0.717) is 52.8 Å². The highest BCUT2D eigenvalue weighted by atomic mass is 127. The van der Waals surface area contributed by atoms with Crippen molar-refractivity contribution in [2.24, 2.45) is 23.7 Å². The Balaban J connectivity index is 1.73. The number of hydrogen-bond acceptors (Lipinski definition) is 9. The monoisotopic (exact) mass is 753 g/mol. The SMILES string of the molecule is COC1/C=C/OC2(C)Oc3c(C)c(O)c4c(c3C2=O)CCC(C4)NC(=O)/C(C)=C\C=C\C(C)C(O)C(C)C(O)C(C)C(OI)C1C. The first-order chi connectivity index (χ1) is 21.7. The zero-order valence-corrected chi connectivity index (χ0v) is 30.0. The first kappa shape index (κ1) is 36.4. The lowest BCUT2D eigenvalue weighted by molar-refractivity contribution is -0.118. The summed E-state index contributed by atoms with van der Waals surface area (Å²) in [4.78, 5) is 26.9. The molecule has 3 heterocycles. The van der Waals surface area contributed by atoms with Crippen LogP contribution in [-0.2, 0) is 30.2 Å². The van der Waals surface area contributed by atoms with E-state index in [1.165, 1.54) is 6.26 Å². The number of phenolic OH excluding ortho intramolecular Hbond substituents is 1. The number of halogens is 1. The number of benzene rings is 1. The minimum absolute atomic E-state index is 0.0530. The fourth-order valence-electron chi connectivity index (χ4n) is 6.91. The largest absolute Gasteiger partial charge is 0.507 e. The van der Waals surface area contributed by atoms with E-state index < -0.39 is 36.1 Å². The second-order valence-electron chi connectivity index (χ2n) is 13.3. The van der Waals surface area contributed by atoms with Gasteiger partial charge in [-0.05, 0) is 44.7 Å². The van der Waals surface area contributed by atoms with E-state index in [4.69, 9.17) is 17.3 Å². The van der Waals surface area contributed by atoms with Crippen LogP contribution in [0.25, 0.3) is 0 Å². The van der Waals surface area contributed by atoms with Crippen molar-refractivity contribution in [3.05, 3.63) is 58.4 Å². The number of aromatic hydroxyl groups is 1. The molecule has 0 aromatic heterocycles. The molecule has 1 aliphatic carbocycles. The van der Waals surface area contributed by atoms with Crippen molar-refractivity contribution in [1.82, 2.24) is 5.32 Å². The smallest absolute Gasteiger partial charge is 0.312 e. The lowest BCUT2D eigenvalue weighted by Gasteiger charge is -2.37. The Labute approximate surface area is 285 Å². The van der Waals surface area contributed by atoms with Crippen LogP contribution in [0.2, 0.25) is 0 Å². The van der Waals surface area contributed by atoms with Crippen molar-refractivity contribution in [1.29, 1.82) is 0 Å². The number of phenols is 1. The van der Waals surface area contributed by atoms with Gasteiger partial charge in [0.1, 0.15) is 34.5 Å². The van der Waals surface area contributed by atoms with Crippen LogP contribution in [0, 0.1) is 30.6 Å². The third kappa shape index (κ3) is 7.03. The van der Waals surface area contributed by atoms with Gasteiger partial charge in [-0.3, -0.25) is 9.59 Å². The summed E-state index contributed by atoms with van der Waals surface area (Å²) in [7, 11) is 1.56. The average Bonchev–Trinajstić information content (AvgIpc) is 3.30. The van der Waals surface area contributed by atoms with Crippen molar-refractivity contribution < 1.29 is 42.2 Å². The summed E-state index contributed by atoms with van der Waals surface area (Å²) in [6, 6.07) is -0.238. The number of fused-ring (bicyclic) bond motifs is 14. The molecule has 10 nitrogen and oxygen atoms in total. The molecule has 4 N–H and O–H groups in total. The Morgan fingerprint density at radius 3 is 2.37 bits per heavy atom. The zero-order valence-electron chi connectivity index (χ0n) is 27.9. The summed E-state index contributed by atoms with van der Waals surface area (Å²) in [6.07, 6.45) is 7.02. The lowest BCUT2D eigenvalue weighted by Crippen LogP contribution is -2.45. The maximum absolute atomic E-state index is 13.9. The first-order valence-corrected chi connectivity index (χ1v) is 16.8. The third-order valence-electron chi connectivity index (χ3n) is 10.1. The van der Waals surface area contributed by atoms with E-state index in [0.717, 1.165) is 0 Å². The average molecular weight is 754 g/mol. The van der Waals surface area contributed by atoms with Crippen LogP contribution in [0.5, 0.6) is 11.5 Å². The number of aliphatic hydroxyl groups is 2. The van der Waals surface area contributed by atoms with Gasteiger partial charge in [-0.1, -0.05) is 45.9 Å². The van der Waals surface area contributed by atoms with Gasteiger partial charge >= 0.3 is 5.79 Å². The van der Waals surface area contributed by atoms with Crippen LogP contribution in [0.3, 0.4) is 0 Å². The summed E-state index contributed by atoms with van der Waals surface area (Å²) in [5, 5.41) is 36.7. The number of ether oxygens (including phenoxy) is 3. The Bertz CT molecular complexity index is 1410. The van der Waals surface area contributed by atoms with Gasteiger partial charge in [0.25, 0.3) is 5.78 Å². The number of allylic oxidation sites excluding steroid dienone is 2. The van der Waals surface area contributed by atoms with Gasteiger partial charge in [-0.25, -0.2) is 0 Å². The molecular formula is C35H48INO9. The van der Waals surface area contributed by atoms with Crippen LogP contribution in [0.4, 0.5) is 0 Å². The van der Waals surface area contributed by atoms with Crippen molar-refractivity contribution in [2.45, 2.75) is 104 Å². The van der Waals surface area contributed by atoms with E-state index >= 15 is 0 Å². The van der Waals surface area contributed by atoms with E-state index in [2.05, 4.69) is 5.32 Å². The van der Waals surface area contributed by atoms with Gasteiger partial charge in [-0.15, -0.1) is 0 Å². The number of hydrogen-bond donors (Lipinski definition) is 4. The molecule has 254 valence electrons. The molecule has 1 aromatic carbocycles. The highest BCUT2D eigenvalue weighted by molar-refractivity contribution is 14.1. The second kappa shape index (κ2) is 14.8. The molecule has 0 radical (unpaired) electrons. The van der Waals surface area contributed by atoms with Crippen LogP contribution in [0.1, 0.15) is 75.0 Å². The number of methoxy groups -OCH3 is 1. The molecule has 5 rings (SSSR count).